The van der Waals surface area contributed by atoms with Crippen LogP contribution in [-0.2, 0) is 41.8 Å². The third-order valence-electron chi connectivity index (χ3n) is 5.76. The Morgan fingerprint density at radius 3 is 1.75 bits per heavy atom. The highest BCUT2D eigenvalue weighted by atomic mass is 19.2. The molecule has 2 fully saturated rings. The molecule has 0 amide bonds. The van der Waals surface area contributed by atoms with Gasteiger partial charge in [0.1, 0.15) is 24.7 Å². The Balaban J connectivity index is 1.13. The summed E-state index contributed by atoms with van der Waals surface area (Å²) < 4.78 is 58.8. The monoisotopic (exact) mass is 554 g/mol. The van der Waals surface area contributed by atoms with Gasteiger partial charge in [0, 0.05) is 5.56 Å². The zero-order valence-corrected chi connectivity index (χ0v) is 20.6. The smallest absolute Gasteiger partial charge is 0.346 e. The lowest BCUT2D eigenvalue weighted by Crippen LogP contribution is -2.15. The average Bonchev–Trinajstić information content (AvgIpc) is 3.87. The maximum Gasteiger partial charge on any atom is 0.346 e. The highest BCUT2D eigenvalue weighted by Crippen LogP contribution is 2.23. The summed E-state index contributed by atoms with van der Waals surface area (Å²) in [6.45, 7) is 0.0981. The van der Waals surface area contributed by atoms with Crippen molar-refractivity contribution in [1.82, 2.24) is 0 Å². The molecule has 2 saturated heterocycles. The molecule has 0 saturated carbocycles. The molecule has 2 aliphatic rings. The van der Waals surface area contributed by atoms with Gasteiger partial charge >= 0.3 is 23.9 Å². The molecule has 3 aromatic carbocycles. The van der Waals surface area contributed by atoms with Gasteiger partial charge in [-0.25, -0.2) is 28.0 Å². The van der Waals surface area contributed by atoms with E-state index in [9.17, 15) is 28.0 Å². The summed E-state index contributed by atoms with van der Waals surface area (Å²) in [4.78, 5) is 47.9. The van der Waals surface area contributed by atoms with E-state index in [0.29, 0.717) is 12.2 Å². The highest BCUT2D eigenvalue weighted by Gasteiger charge is 2.34. The Morgan fingerprint density at radius 1 is 0.675 bits per heavy atom. The molecule has 0 N–H and O–H groups in total. The minimum absolute atomic E-state index is 0.0115. The van der Waals surface area contributed by atoms with E-state index in [-0.39, 0.29) is 35.8 Å². The van der Waals surface area contributed by atoms with Crippen molar-refractivity contribution in [3.05, 3.63) is 94.6 Å². The van der Waals surface area contributed by atoms with Crippen molar-refractivity contribution < 1.29 is 56.4 Å². The van der Waals surface area contributed by atoms with Gasteiger partial charge < -0.3 is 28.4 Å². The second kappa shape index (κ2) is 11.6. The van der Waals surface area contributed by atoms with E-state index in [2.05, 4.69) is 0 Å². The van der Waals surface area contributed by atoms with Gasteiger partial charge in [-0.1, -0.05) is 18.2 Å². The van der Waals surface area contributed by atoms with Crippen LogP contribution < -0.4 is 9.47 Å². The molecule has 5 rings (SSSR count). The first kappa shape index (κ1) is 26.9. The lowest BCUT2D eigenvalue weighted by molar-refractivity contribution is -0.147. The summed E-state index contributed by atoms with van der Waals surface area (Å²) in [7, 11) is 0. The largest absolute Gasteiger partial charge is 0.459 e. The Labute approximate surface area is 225 Å². The molecule has 12 heteroatoms. The topological polar surface area (TPSA) is 130 Å². The van der Waals surface area contributed by atoms with Gasteiger partial charge in [0.25, 0.3) is 0 Å². The summed E-state index contributed by atoms with van der Waals surface area (Å²) >= 11 is 0. The fourth-order valence-corrected chi connectivity index (χ4v) is 3.36. The fraction of sp³-hybridized carbons (Fsp3) is 0.214. The van der Waals surface area contributed by atoms with E-state index in [4.69, 9.17) is 28.4 Å². The van der Waals surface area contributed by atoms with E-state index >= 15 is 0 Å². The number of rotatable bonds is 10. The number of ether oxygens (including phenoxy) is 6. The Kier molecular flexibility index (Phi) is 7.80. The molecule has 3 aromatic rings. The highest BCUT2D eigenvalue weighted by molar-refractivity contribution is 5.92. The van der Waals surface area contributed by atoms with Crippen molar-refractivity contribution in [3.8, 4) is 11.5 Å². The number of carbonyl (C=O) groups excluding carboxylic acids is 4. The first-order valence-electron chi connectivity index (χ1n) is 11.9. The van der Waals surface area contributed by atoms with E-state index in [1.807, 2.05) is 0 Å². The van der Waals surface area contributed by atoms with Gasteiger partial charge in [-0.15, -0.1) is 0 Å². The van der Waals surface area contributed by atoms with E-state index in [1.165, 1.54) is 36.4 Å². The third kappa shape index (κ3) is 6.65. The van der Waals surface area contributed by atoms with Crippen LogP contribution in [0.2, 0.25) is 0 Å². The minimum Gasteiger partial charge on any atom is -0.459 e. The summed E-state index contributed by atoms with van der Waals surface area (Å²) in [6, 6.07) is 13.7. The number of hydrogen-bond acceptors (Lipinski definition) is 10. The van der Waals surface area contributed by atoms with Crippen LogP contribution in [0.15, 0.2) is 60.7 Å². The molecule has 0 radical (unpaired) electrons. The van der Waals surface area contributed by atoms with E-state index in [0.717, 1.165) is 12.1 Å². The normalized spacial score (nSPS) is 16.9. The molecular formula is C28H20F2O10. The van der Waals surface area contributed by atoms with Crippen molar-refractivity contribution in [2.24, 2.45) is 0 Å². The quantitative estimate of drug-likeness (QED) is 0.209. The van der Waals surface area contributed by atoms with E-state index < -0.39 is 59.9 Å². The lowest BCUT2D eigenvalue weighted by Gasteiger charge is -2.10. The average molecular weight is 554 g/mol. The summed E-state index contributed by atoms with van der Waals surface area (Å²) in [5.41, 5.74) is 0.00569. The van der Waals surface area contributed by atoms with Crippen molar-refractivity contribution in [1.29, 1.82) is 0 Å². The summed E-state index contributed by atoms with van der Waals surface area (Å²) in [5, 5.41) is 0. The zero-order chi connectivity index (χ0) is 28.2. The van der Waals surface area contributed by atoms with Gasteiger partial charge in [-0.2, -0.15) is 0 Å². The number of benzene rings is 3. The Morgan fingerprint density at radius 2 is 1.20 bits per heavy atom. The number of halogens is 2. The van der Waals surface area contributed by atoms with Crippen molar-refractivity contribution in [3.63, 3.8) is 0 Å². The second-order valence-corrected chi connectivity index (χ2v) is 8.71. The van der Waals surface area contributed by atoms with Crippen molar-refractivity contribution in [2.45, 2.75) is 25.4 Å². The molecule has 0 aromatic heterocycles. The maximum atomic E-state index is 14.5. The lowest BCUT2D eigenvalue weighted by atomic mass is 10.1. The first-order valence-corrected chi connectivity index (χ1v) is 11.9. The molecule has 2 atom stereocenters. The SMILES string of the molecule is O=C(Oc1ccc(OC(=O)c2ccc(COC(=O)C3CO3)c(F)c2F)cc1)c1ccc(COC(=O)C2CO2)cc1. The van der Waals surface area contributed by atoms with Gasteiger partial charge in [0.15, 0.2) is 23.8 Å². The van der Waals surface area contributed by atoms with Crippen molar-refractivity contribution >= 4 is 23.9 Å². The minimum atomic E-state index is -1.45. The van der Waals surface area contributed by atoms with Gasteiger partial charge in [-0.05, 0) is 48.0 Å². The number of epoxide rings is 2. The zero-order valence-electron chi connectivity index (χ0n) is 20.6. The second-order valence-electron chi connectivity index (χ2n) is 8.71. The van der Waals surface area contributed by atoms with Crippen LogP contribution in [0.25, 0.3) is 0 Å². The summed E-state index contributed by atoms with van der Waals surface area (Å²) in [6.07, 6.45) is -1.18. The number of carbonyl (C=O) groups is 4. The van der Waals surface area contributed by atoms with Crippen LogP contribution in [0.5, 0.6) is 11.5 Å². The van der Waals surface area contributed by atoms with Crippen LogP contribution in [0.4, 0.5) is 8.78 Å². The molecule has 0 bridgehead atoms. The standard InChI is InChI=1S/C28H20F2O10/c29-23-17(12-38-28(34)22-14-36-22)5-10-20(24(23)30)26(32)40-19-8-6-18(7-9-19)39-25(31)16-3-1-15(2-4-16)11-37-27(33)21-13-35-21/h1-10,21-22H,11-14H2. The van der Waals surface area contributed by atoms with Crippen molar-refractivity contribution in [2.75, 3.05) is 13.2 Å². The van der Waals surface area contributed by atoms with Crippen LogP contribution in [0.3, 0.4) is 0 Å². The first-order chi connectivity index (χ1) is 19.3. The van der Waals surface area contributed by atoms with Crippen LogP contribution in [0.1, 0.15) is 31.8 Å². The molecule has 2 heterocycles. The van der Waals surface area contributed by atoms with Crippen LogP contribution in [0, 0.1) is 11.6 Å². The molecule has 2 aliphatic heterocycles. The molecule has 0 aliphatic carbocycles. The predicted octanol–water partition coefficient (Wildman–Crippen LogP) is 3.29. The van der Waals surface area contributed by atoms with Crippen LogP contribution >= 0.6 is 0 Å². The predicted molar refractivity (Wildman–Crippen MR) is 128 cm³/mol. The number of esters is 4. The Bertz CT molecular complexity index is 1450. The Hall–Kier alpha value is -4.68. The molecule has 2 unspecified atom stereocenters. The third-order valence-corrected chi connectivity index (χ3v) is 5.76. The van der Waals surface area contributed by atoms with Gasteiger partial charge in [0.05, 0.1) is 24.3 Å². The number of hydrogen-bond donors (Lipinski definition) is 0. The molecule has 206 valence electrons. The molecule has 0 spiro atoms. The van der Waals surface area contributed by atoms with Gasteiger partial charge in [0.2, 0.25) is 0 Å². The molecule has 10 nitrogen and oxygen atoms in total. The van der Waals surface area contributed by atoms with E-state index in [1.54, 1.807) is 12.1 Å². The fourth-order valence-electron chi connectivity index (χ4n) is 3.36. The van der Waals surface area contributed by atoms with Crippen LogP contribution in [-0.4, -0.2) is 49.3 Å². The molecule has 40 heavy (non-hydrogen) atoms. The summed E-state index contributed by atoms with van der Waals surface area (Å²) in [5.74, 6) is -5.61. The molecular weight excluding hydrogens is 534 g/mol. The van der Waals surface area contributed by atoms with Gasteiger partial charge in [-0.3, -0.25) is 0 Å². The maximum absolute atomic E-state index is 14.5.